The van der Waals surface area contributed by atoms with Crippen LogP contribution in [0.4, 0.5) is 0 Å². The molecule has 2 aromatic heterocycles. The Morgan fingerprint density at radius 3 is 2.78 bits per heavy atom. The first-order valence-corrected chi connectivity index (χ1v) is 9.99. The van der Waals surface area contributed by atoms with Crippen molar-refractivity contribution in [2.75, 3.05) is 13.1 Å². The Labute approximate surface area is 159 Å². The standard InChI is InChI=1S/C20H27N5O2/c26-20(12-16-4-2-1-3-5-16)24-11-8-18(14-24)25-13-17(22-23-25)15-27-19-6-9-21-10-7-19/h6-7,9-10,13,16,18H,1-5,8,11-12,14-15H2. The minimum absolute atomic E-state index is 0.211. The van der Waals surface area contributed by atoms with Gasteiger partial charge < -0.3 is 9.64 Å². The molecule has 4 rings (SSSR count). The van der Waals surface area contributed by atoms with Gasteiger partial charge >= 0.3 is 0 Å². The molecule has 0 N–H and O–H groups in total. The van der Waals surface area contributed by atoms with Crippen molar-refractivity contribution in [2.45, 2.75) is 57.6 Å². The van der Waals surface area contributed by atoms with Crippen LogP contribution in [0.5, 0.6) is 5.75 Å². The summed E-state index contributed by atoms with van der Waals surface area (Å²) >= 11 is 0. The van der Waals surface area contributed by atoms with Gasteiger partial charge in [0.25, 0.3) is 0 Å². The lowest BCUT2D eigenvalue weighted by atomic mass is 9.87. The molecule has 0 aromatic carbocycles. The monoisotopic (exact) mass is 369 g/mol. The molecule has 1 aliphatic carbocycles. The third-order valence-corrected chi connectivity index (χ3v) is 5.67. The number of nitrogens with zero attached hydrogens (tertiary/aromatic N) is 5. The largest absolute Gasteiger partial charge is 0.487 e. The van der Waals surface area contributed by atoms with E-state index < -0.39 is 0 Å². The van der Waals surface area contributed by atoms with Crippen LogP contribution in [-0.2, 0) is 11.4 Å². The van der Waals surface area contributed by atoms with E-state index in [-0.39, 0.29) is 6.04 Å². The SMILES string of the molecule is O=C(CC1CCCCC1)N1CCC(n2cc(COc3ccncc3)nn2)C1. The van der Waals surface area contributed by atoms with E-state index >= 15 is 0 Å². The fraction of sp³-hybridized carbons (Fsp3) is 0.600. The summed E-state index contributed by atoms with van der Waals surface area (Å²) in [6.07, 6.45) is 13.3. The molecule has 1 unspecified atom stereocenters. The van der Waals surface area contributed by atoms with E-state index in [4.69, 9.17) is 4.74 Å². The minimum Gasteiger partial charge on any atom is -0.487 e. The molecule has 1 aliphatic heterocycles. The number of hydrogen-bond acceptors (Lipinski definition) is 5. The van der Waals surface area contributed by atoms with Crippen molar-refractivity contribution < 1.29 is 9.53 Å². The Kier molecular flexibility index (Phi) is 5.65. The van der Waals surface area contributed by atoms with E-state index in [2.05, 4.69) is 15.3 Å². The molecular weight excluding hydrogens is 342 g/mol. The molecule has 7 heteroatoms. The summed E-state index contributed by atoms with van der Waals surface area (Å²) in [6.45, 7) is 1.93. The average Bonchev–Trinajstić information content (AvgIpc) is 3.37. The highest BCUT2D eigenvalue weighted by Crippen LogP contribution is 2.28. The van der Waals surface area contributed by atoms with Crippen LogP contribution in [0.3, 0.4) is 0 Å². The predicted molar refractivity (Wildman–Crippen MR) is 100 cm³/mol. The molecule has 144 valence electrons. The van der Waals surface area contributed by atoms with Gasteiger partial charge in [-0.3, -0.25) is 9.78 Å². The van der Waals surface area contributed by atoms with Crippen LogP contribution in [0.1, 0.15) is 56.7 Å². The summed E-state index contributed by atoms with van der Waals surface area (Å²) in [5, 5.41) is 8.46. The fourth-order valence-corrected chi connectivity index (χ4v) is 4.10. The maximum Gasteiger partial charge on any atom is 0.222 e. The van der Waals surface area contributed by atoms with Gasteiger partial charge in [0.1, 0.15) is 18.1 Å². The molecule has 1 saturated carbocycles. The Morgan fingerprint density at radius 1 is 1.15 bits per heavy atom. The van der Waals surface area contributed by atoms with Crippen molar-refractivity contribution in [2.24, 2.45) is 5.92 Å². The van der Waals surface area contributed by atoms with E-state index in [1.54, 1.807) is 12.4 Å². The first kappa shape index (κ1) is 17.9. The zero-order chi connectivity index (χ0) is 18.5. The number of carbonyl (C=O) groups excluding carboxylic acids is 1. The first-order valence-electron chi connectivity index (χ1n) is 9.99. The van der Waals surface area contributed by atoms with Crippen molar-refractivity contribution in [1.29, 1.82) is 0 Å². The van der Waals surface area contributed by atoms with Gasteiger partial charge in [-0.1, -0.05) is 24.5 Å². The Balaban J connectivity index is 1.27. The topological polar surface area (TPSA) is 73.1 Å². The number of pyridine rings is 1. The van der Waals surface area contributed by atoms with Gasteiger partial charge in [-0.05, 0) is 37.3 Å². The highest BCUT2D eigenvalue weighted by Gasteiger charge is 2.29. The second kappa shape index (κ2) is 8.50. The van der Waals surface area contributed by atoms with Gasteiger partial charge in [-0.15, -0.1) is 5.10 Å². The number of hydrogen-bond donors (Lipinski definition) is 0. The summed E-state index contributed by atoms with van der Waals surface area (Å²) in [7, 11) is 0. The second-order valence-corrected chi connectivity index (χ2v) is 7.65. The minimum atomic E-state index is 0.211. The molecule has 3 heterocycles. The van der Waals surface area contributed by atoms with Crippen molar-refractivity contribution in [3.63, 3.8) is 0 Å². The summed E-state index contributed by atoms with van der Waals surface area (Å²) in [5.41, 5.74) is 0.791. The van der Waals surface area contributed by atoms with Crippen molar-refractivity contribution in [1.82, 2.24) is 24.9 Å². The van der Waals surface area contributed by atoms with E-state index in [9.17, 15) is 4.79 Å². The molecular formula is C20H27N5O2. The molecule has 0 bridgehead atoms. The third kappa shape index (κ3) is 4.64. The summed E-state index contributed by atoms with van der Waals surface area (Å²) in [6, 6.07) is 3.84. The van der Waals surface area contributed by atoms with Gasteiger partial charge in [-0.25, -0.2) is 4.68 Å². The van der Waals surface area contributed by atoms with Crippen molar-refractivity contribution in [3.05, 3.63) is 36.4 Å². The maximum atomic E-state index is 12.6. The summed E-state index contributed by atoms with van der Waals surface area (Å²) in [4.78, 5) is 18.6. The number of rotatable bonds is 6. The van der Waals surface area contributed by atoms with Crippen LogP contribution in [-0.4, -0.2) is 43.9 Å². The number of amides is 1. The van der Waals surface area contributed by atoms with Gasteiger partial charge in [0.2, 0.25) is 5.91 Å². The highest BCUT2D eigenvalue weighted by atomic mass is 16.5. The fourth-order valence-electron chi connectivity index (χ4n) is 4.10. The van der Waals surface area contributed by atoms with Gasteiger partial charge in [0, 0.05) is 31.9 Å². The number of ether oxygens (including phenoxy) is 1. The first-order chi connectivity index (χ1) is 13.3. The van der Waals surface area contributed by atoms with Gasteiger partial charge in [0.15, 0.2) is 0 Å². The molecule has 1 amide bonds. The van der Waals surface area contributed by atoms with Crippen molar-refractivity contribution >= 4 is 5.91 Å². The predicted octanol–water partition coefficient (Wildman–Crippen LogP) is 3.00. The average molecular weight is 369 g/mol. The van der Waals surface area contributed by atoms with Crippen LogP contribution in [0.15, 0.2) is 30.7 Å². The van der Waals surface area contributed by atoms with Crippen LogP contribution in [0.25, 0.3) is 0 Å². The molecule has 27 heavy (non-hydrogen) atoms. The second-order valence-electron chi connectivity index (χ2n) is 7.65. The van der Waals surface area contributed by atoms with Crippen molar-refractivity contribution in [3.8, 4) is 5.75 Å². The molecule has 0 radical (unpaired) electrons. The summed E-state index contributed by atoms with van der Waals surface area (Å²) < 4.78 is 7.58. The smallest absolute Gasteiger partial charge is 0.222 e. The number of carbonyl (C=O) groups is 1. The number of likely N-dealkylation sites (tertiary alicyclic amines) is 1. The Hall–Kier alpha value is -2.44. The third-order valence-electron chi connectivity index (χ3n) is 5.67. The van der Waals surface area contributed by atoms with Crippen LogP contribution in [0, 0.1) is 5.92 Å². The quantitative estimate of drug-likeness (QED) is 0.783. The van der Waals surface area contributed by atoms with E-state index in [0.29, 0.717) is 18.4 Å². The van der Waals surface area contributed by atoms with Crippen LogP contribution < -0.4 is 4.74 Å². The zero-order valence-electron chi connectivity index (χ0n) is 15.7. The lowest BCUT2D eigenvalue weighted by Crippen LogP contribution is -2.31. The summed E-state index contributed by atoms with van der Waals surface area (Å²) in [5.74, 6) is 1.67. The van der Waals surface area contributed by atoms with Crippen LogP contribution >= 0.6 is 0 Å². The maximum absolute atomic E-state index is 12.6. The lowest BCUT2D eigenvalue weighted by Gasteiger charge is -2.24. The van der Waals surface area contributed by atoms with E-state index in [1.165, 1.54) is 32.1 Å². The molecule has 1 saturated heterocycles. The molecule has 2 aliphatic rings. The van der Waals surface area contributed by atoms with Gasteiger partial charge in [-0.2, -0.15) is 0 Å². The molecule has 7 nitrogen and oxygen atoms in total. The Morgan fingerprint density at radius 2 is 1.96 bits per heavy atom. The zero-order valence-corrected chi connectivity index (χ0v) is 15.7. The molecule has 2 aromatic rings. The number of aromatic nitrogens is 4. The van der Waals surface area contributed by atoms with E-state index in [0.717, 1.165) is 37.4 Å². The molecule has 2 fully saturated rings. The lowest BCUT2D eigenvalue weighted by molar-refractivity contribution is -0.131. The van der Waals surface area contributed by atoms with Crippen LogP contribution in [0.2, 0.25) is 0 Å². The normalized spacial score (nSPS) is 20.7. The molecule has 1 atom stereocenters. The molecule has 0 spiro atoms. The van der Waals surface area contributed by atoms with E-state index in [1.807, 2.05) is 27.9 Å². The highest BCUT2D eigenvalue weighted by molar-refractivity contribution is 5.76. The Bertz CT molecular complexity index is 742. The van der Waals surface area contributed by atoms with Gasteiger partial charge in [0.05, 0.1) is 12.2 Å².